The molecule has 142 valence electrons. The number of nitro benzene ring substituents is 1. The highest BCUT2D eigenvalue weighted by molar-refractivity contribution is 7.90. The van der Waals surface area contributed by atoms with Crippen LogP contribution in [0.15, 0.2) is 47.4 Å². The van der Waals surface area contributed by atoms with Gasteiger partial charge in [0.2, 0.25) is 0 Å². The van der Waals surface area contributed by atoms with Crippen LogP contribution in [0.2, 0.25) is 0 Å². The van der Waals surface area contributed by atoms with Gasteiger partial charge in [0.1, 0.15) is 4.90 Å². The first-order chi connectivity index (χ1) is 12.6. The Morgan fingerprint density at radius 1 is 1.15 bits per heavy atom. The van der Waals surface area contributed by atoms with Gasteiger partial charge in [-0.05, 0) is 31.2 Å². The molecule has 9 nitrogen and oxygen atoms in total. The largest absolute Gasteiger partial charge is 0.452 e. The summed E-state index contributed by atoms with van der Waals surface area (Å²) in [4.78, 5) is 33.5. The van der Waals surface area contributed by atoms with Crippen molar-refractivity contribution in [1.29, 1.82) is 0 Å². The van der Waals surface area contributed by atoms with Crippen LogP contribution in [0, 0.1) is 17.0 Å². The molecule has 0 aromatic heterocycles. The number of nitrogens with zero attached hydrogens (tertiary/aromatic N) is 1. The van der Waals surface area contributed by atoms with E-state index < -0.39 is 43.8 Å². The van der Waals surface area contributed by atoms with Gasteiger partial charge in [0.05, 0.1) is 10.5 Å². The number of ether oxygens (including phenoxy) is 1. The number of aryl methyl sites for hydroxylation is 1. The van der Waals surface area contributed by atoms with E-state index in [0.717, 1.165) is 30.0 Å². The third kappa shape index (κ3) is 5.35. The molecule has 0 radical (unpaired) electrons. The van der Waals surface area contributed by atoms with Crippen LogP contribution in [-0.2, 0) is 19.4 Å². The molecule has 10 heteroatoms. The number of esters is 1. The summed E-state index contributed by atoms with van der Waals surface area (Å²) in [5, 5.41) is 13.6. The molecule has 0 spiro atoms. The molecular formula is C17H16N2O7S. The van der Waals surface area contributed by atoms with Crippen molar-refractivity contribution in [2.75, 3.05) is 18.2 Å². The number of nitro groups is 1. The average Bonchev–Trinajstić information content (AvgIpc) is 2.60. The number of sulfone groups is 1. The van der Waals surface area contributed by atoms with E-state index in [9.17, 15) is 28.1 Å². The molecule has 0 atom stereocenters. The fraction of sp³-hybridized carbons (Fsp3) is 0.176. The number of hydrogen-bond donors (Lipinski definition) is 1. The average molecular weight is 392 g/mol. The number of rotatable bonds is 6. The highest BCUT2D eigenvalue weighted by Gasteiger charge is 2.24. The number of carbonyl (C=O) groups is 2. The van der Waals surface area contributed by atoms with Crippen LogP contribution in [-0.4, -0.2) is 38.1 Å². The van der Waals surface area contributed by atoms with Crippen LogP contribution < -0.4 is 5.32 Å². The van der Waals surface area contributed by atoms with Gasteiger partial charge in [-0.2, -0.15) is 0 Å². The van der Waals surface area contributed by atoms with Crippen LogP contribution in [0.5, 0.6) is 0 Å². The van der Waals surface area contributed by atoms with Crippen molar-refractivity contribution in [3.8, 4) is 0 Å². The molecular weight excluding hydrogens is 376 g/mol. The smallest absolute Gasteiger partial charge is 0.338 e. The van der Waals surface area contributed by atoms with Gasteiger partial charge in [0.25, 0.3) is 11.6 Å². The number of carbonyl (C=O) groups excluding carboxylic acids is 2. The molecule has 2 aromatic rings. The Balaban J connectivity index is 2.07. The lowest BCUT2D eigenvalue weighted by Crippen LogP contribution is -2.21. The Bertz CT molecular complexity index is 998. The van der Waals surface area contributed by atoms with Crippen LogP contribution in [0.25, 0.3) is 0 Å². The van der Waals surface area contributed by atoms with Crippen molar-refractivity contribution < 1.29 is 27.7 Å². The third-order valence-electron chi connectivity index (χ3n) is 3.46. The molecule has 0 fully saturated rings. The maximum Gasteiger partial charge on any atom is 0.338 e. The van der Waals surface area contributed by atoms with Crippen LogP contribution in [0.3, 0.4) is 0 Å². The Labute approximate surface area is 155 Å². The SMILES string of the molecule is Cc1ccc(NC(=O)COC(=O)c2ccc(S(C)(=O)=O)c([N+](=O)[O-])c2)cc1. The zero-order valence-electron chi connectivity index (χ0n) is 14.5. The molecule has 27 heavy (non-hydrogen) atoms. The van der Waals surface area contributed by atoms with E-state index in [1.807, 2.05) is 6.92 Å². The Morgan fingerprint density at radius 3 is 2.33 bits per heavy atom. The van der Waals surface area contributed by atoms with Gasteiger partial charge in [-0.15, -0.1) is 0 Å². The number of amides is 1. The van der Waals surface area contributed by atoms with E-state index in [-0.39, 0.29) is 5.56 Å². The molecule has 0 aliphatic heterocycles. The van der Waals surface area contributed by atoms with Crippen molar-refractivity contribution in [2.45, 2.75) is 11.8 Å². The van der Waals surface area contributed by atoms with Crippen LogP contribution in [0.1, 0.15) is 15.9 Å². The second-order valence-electron chi connectivity index (χ2n) is 5.70. The van der Waals surface area contributed by atoms with E-state index in [1.54, 1.807) is 24.3 Å². The molecule has 0 saturated heterocycles. The normalized spacial score (nSPS) is 10.9. The molecule has 0 bridgehead atoms. The van der Waals surface area contributed by atoms with Crippen LogP contribution in [0.4, 0.5) is 11.4 Å². The van der Waals surface area contributed by atoms with Crippen molar-refractivity contribution >= 4 is 33.1 Å². The molecule has 0 saturated carbocycles. The highest BCUT2D eigenvalue weighted by Crippen LogP contribution is 2.25. The van der Waals surface area contributed by atoms with Gasteiger partial charge in [0, 0.05) is 18.0 Å². The second-order valence-corrected chi connectivity index (χ2v) is 7.69. The van der Waals surface area contributed by atoms with Gasteiger partial charge in [0.15, 0.2) is 16.4 Å². The maximum absolute atomic E-state index is 12.0. The second kappa shape index (κ2) is 7.96. The summed E-state index contributed by atoms with van der Waals surface area (Å²) >= 11 is 0. The topological polar surface area (TPSA) is 133 Å². The zero-order chi connectivity index (χ0) is 20.2. The fourth-order valence-electron chi connectivity index (χ4n) is 2.15. The highest BCUT2D eigenvalue weighted by atomic mass is 32.2. The van der Waals surface area contributed by atoms with Gasteiger partial charge in [-0.3, -0.25) is 14.9 Å². The third-order valence-corrected chi connectivity index (χ3v) is 4.60. The number of nitrogens with one attached hydrogen (secondary N) is 1. The molecule has 2 aromatic carbocycles. The van der Waals surface area contributed by atoms with Gasteiger partial charge < -0.3 is 10.1 Å². The first-order valence-electron chi connectivity index (χ1n) is 7.60. The molecule has 0 heterocycles. The van der Waals surface area contributed by atoms with Crippen molar-refractivity contribution in [1.82, 2.24) is 0 Å². The lowest BCUT2D eigenvalue weighted by atomic mass is 10.2. The van der Waals surface area contributed by atoms with Crippen molar-refractivity contribution in [3.05, 3.63) is 63.7 Å². The first-order valence-corrected chi connectivity index (χ1v) is 9.49. The molecule has 2 rings (SSSR count). The van der Waals surface area contributed by atoms with Gasteiger partial charge in [-0.1, -0.05) is 17.7 Å². The lowest BCUT2D eigenvalue weighted by Gasteiger charge is -2.08. The first kappa shape index (κ1) is 20.0. The predicted octanol–water partition coefficient (Wildman–Crippen LogP) is 2.10. The van der Waals surface area contributed by atoms with Crippen LogP contribution >= 0.6 is 0 Å². The Morgan fingerprint density at radius 2 is 1.78 bits per heavy atom. The molecule has 0 aliphatic carbocycles. The van der Waals surface area contributed by atoms with Crippen molar-refractivity contribution in [2.24, 2.45) is 0 Å². The summed E-state index contributed by atoms with van der Waals surface area (Å²) in [5.41, 5.74) is 0.557. The Hall–Kier alpha value is -3.27. The van der Waals surface area contributed by atoms with Gasteiger partial charge in [-0.25, -0.2) is 13.2 Å². The molecule has 1 amide bonds. The summed E-state index contributed by atoms with van der Waals surface area (Å²) in [5.74, 6) is -1.58. The zero-order valence-corrected chi connectivity index (χ0v) is 15.3. The summed E-state index contributed by atoms with van der Waals surface area (Å²) in [6, 6.07) is 9.80. The number of benzene rings is 2. The lowest BCUT2D eigenvalue weighted by molar-refractivity contribution is -0.387. The molecule has 0 unspecified atom stereocenters. The summed E-state index contributed by atoms with van der Waals surface area (Å²) in [6.45, 7) is 1.29. The Kier molecular flexibility index (Phi) is 5.91. The molecule has 1 N–H and O–H groups in total. The van der Waals surface area contributed by atoms with E-state index in [1.165, 1.54) is 0 Å². The van der Waals surface area contributed by atoms with E-state index in [4.69, 9.17) is 4.74 Å². The minimum Gasteiger partial charge on any atom is -0.452 e. The summed E-state index contributed by atoms with van der Waals surface area (Å²) in [7, 11) is -3.84. The number of hydrogen-bond acceptors (Lipinski definition) is 7. The minimum atomic E-state index is -3.84. The standard InChI is InChI=1S/C17H16N2O7S/c1-11-3-6-13(7-4-11)18-16(20)10-26-17(21)12-5-8-15(27(2,24)25)14(9-12)19(22)23/h3-9H,10H2,1-2H3,(H,18,20). The number of anilines is 1. The van der Waals surface area contributed by atoms with E-state index in [0.29, 0.717) is 5.69 Å². The van der Waals surface area contributed by atoms with E-state index in [2.05, 4.69) is 5.32 Å². The predicted molar refractivity (Wildman–Crippen MR) is 96.3 cm³/mol. The maximum atomic E-state index is 12.0. The summed E-state index contributed by atoms with van der Waals surface area (Å²) in [6.07, 6.45) is 0.822. The fourth-order valence-corrected chi connectivity index (χ4v) is 2.98. The van der Waals surface area contributed by atoms with Gasteiger partial charge >= 0.3 is 5.97 Å². The quantitative estimate of drug-likeness (QED) is 0.452. The monoisotopic (exact) mass is 392 g/mol. The molecule has 0 aliphatic rings. The minimum absolute atomic E-state index is 0.239. The van der Waals surface area contributed by atoms with Crippen molar-refractivity contribution in [3.63, 3.8) is 0 Å². The summed E-state index contributed by atoms with van der Waals surface area (Å²) < 4.78 is 28.0. The van der Waals surface area contributed by atoms with E-state index >= 15 is 0 Å².